The van der Waals surface area contributed by atoms with E-state index >= 15 is 0 Å². The van der Waals surface area contributed by atoms with Gasteiger partial charge in [-0.2, -0.15) is 0 Å². The first kappa shape index (κ1) is 22.4. The molecule has 0 fully saturated rings. The van der Waals surface area contributed by atoms with Crippen molar-refractivity contribution in [3.05, 3.63) is 77.0 Å². The van der Waals surface area contributed by atoms with Gasteiger partial charge in [-0.15, -0.1) is 0 Å². The number of esters is 1. The van der Waals surface area contributed by atoms with Crippen molar-refractivity contribution in [3.8, 4) is 5.75 Å². The highest BCUT2D eigenvalue weighted by molar-refractivity contribution is 5.95. The molecule has 0 radical (unpaired) electrons. The third-order valence-corrected chi connectivity index (χ3v) is 4.91. The lowest BCUT2D eigenvalue weighted by atomic mass is 9.95. The summed E-state index contributed by atoms with van der Waals surface area (Å²) in [7, 11) is 0. The monoisotopic (exact) mass is 423 g/mol. The van der Waals surface area contributed by atoms with Crippen molar-refractivity contribution in [1.29, 1.82) is 0 Å². The van der Waals surface area contributed by atoms with Crippen molar-refractivity contribution in [1.82, 2.24) is 16.0 Å². The molecule has 0 unspecified atom stereocenters. The van der Waals surface area contributed by atoms with Crippen LogP contribution in [0.1, 0.15) is 31.0 Å². The summed E-state index contributed by atoms with van der Waals surface area (Å²) in [6.45, 7) is 5.66. The zero-order valence-electron chi connectivity index (χ0n) is 17.9. The average Bonchev–Trinajstić information content (AvgIpc) is 2.78. The van der Waals surface area contributed by atoms with Gasteiger partial charge in [0.15, 0.2) is 0 Å². The molecule has 7 heteroatoms. The molecule has 1 heterocycles. The molecule has 0 aliphatic carbocycles. The number of carbonyl (C=O) groups is 2. The van der Waals surface area contributed by atoms with E-state index in [0.29, 0.717) is 31.0 Å². The van der Waals surface area contributed by atoms with Gasteiger partial charge in [0.25, 0.3) is 0 Å². The second-order valence-corrected chi connectivity index (χ2v) is 7.06. The van der Waals surface area contributed by atoms with Gasteiger partial charge >= 0.3 is 12.0 Å². The van der Waals surface area contributed by atoms with Crippen LogP contribution in [0.4, 0.5) is 4.79 Å². The summed E-state index contributed by atoms with van der Waals surface area (Å²) < 4.78 is 10.7. The standard InChI is InChI=1S/C24H29N3O4/c1-3-30-19-12-10-17(11-13-19)14-15-25-16-20-21(23(28)31-4-2)22(27-24(29)26-20)18-8-6-5-7-9-18/h5-13,22,25H,3-4,14-16H2,1-2H3,(H2,26,27,29)/t22-/m1/s1. The van der Waals surface area contributed by atoms with Crippen LogP contribution in [-0.2, 0) is 16.0 Å². The Morgan fingerprint density at radius 2 is 1.77 bits per heavy atom. The minimum absolute atomic E-state index is 0.260. The fourth-order valence-corrected chi connectivity index (χ4v) is 3.47. The summed E-state index contributed by atoms with van der Waals surface area (Å²) in [5.41, 5.74) is 2.95. The van der Waals surface area contributed by atoms with Gasteiger partial charge in [-0.25, -0.2) is 9.59 Å². The molecule has 2 aromatic carbocycles. The van der Waals surface area contributed by atoms with E-state index in [2.05, 4.69) is 16.0 Å². The molecule has 2 amide bonds. The van der Waals surface area contributed by atoms with Crippen LogP contribution in [0.25, 0.3) is 0 Å². The van der Waals surface area contributed by atoms with Crippen LogP contribution in [0, 0.1) is 0 Å². The van der Waals surface area contributed by atoms with E-state index in [1.165, 1.54) is 5.56 Å². The lowest BCUT2D eigenvalue weighted by Gasteiger charge is -2.29. The second kappa shape index (κ2) is 11.2. The quantitative estimate of drug-likeness (QED) is 0.404. The molecule has 164 valence electrons. The van der Waals surface area contributed by atoms with Crippen LogP contribution in [0.3, 0.4) is 0 Å². The first-order chi connectivity index (χ1) is 15.1. The Morgan fingerprint density at radius 3 is 2.45 bits per heavy atom. The number of nitrogens with one attached hydrogen (secondary N) is 3. The largest absolute Gasteiger partial charge is 0.494 e. The average molecular weight is 424 g/mol. The van der Waals surface area contributed by atoms with Crippen LogP contribution in [0.5, 0.6) is 5.75 Å². The topological polar surface area (TPSA) is 88.7 Å². The SMILES string of the molecule is CCOC(=O)C1=C(CNCCc2ccc(OCC)cc2)NC(=O)N[C@@H]1c1ccccc1. The lowest BCUT2D eigenvalue weighted by Crippen LogP contribution is -2.48. The molecule has 0 saturated heterocycles. The van der Waals surface area contributed by atoms with Gasteiger partial charge in [0, 0.05) is 12.2 Å². The van der Waals surface area contributed by atoms with E-state index in [9.17, 15) is 9.59 Å². The Balaban J connectivity index is 1.70. The van der Waals surface area contributed by atoms with E-state index in [-0.39, 0.29) is 12.6 Å². The molecule has 1 atom stereocenters. The first-order valence-electron chi connectivity index (χ1n) is 10.6. The van der Waals surface area contributed by atoms with Crippen molar-refractivity contribution in [2.75, 3.05) is 26.3 Å². The molecule has 0 aromatic heterocycles. The van der Waals surface area contributed by atoms with Crippen molar-refractivity contribution in [3.63, 3.8) is 0 Å². The van der Waals surface area contributed by atoms with Crippen LogP contribution < -0.4 is 20.7 Å². The summed E-state index contributed by atoms with van der Waals surface area (Å²) in [4.78, 5) is 25.0. The van der Waals surface area contributed by atoms with E-state index in [1.807, 2.05) is 61.5 Å². The molecule has 0 saturated carbocycles. The third kappa shape index (κ3) is 6.08. The maximum Gasteiger partial charge on any atom is 0.338 e. The van der Waals surface area contributed by atoms with Gasteiger partial charge in [0.2, 0.25) is 0 Å². The molecule has 7 nitrogen and oxygen atoms in total. The smallest absolute Gasteiger partial charge is 0.338 e. The number of urea groups is 1. The highest BCUT2D eigenvalue weighted by atomic mass is 16.5. The Bertz CT molecular complexity index is 910. The minimum atomic E-state index is -0.558. The summed E-state index contributed by atoms with van der Waals surface area (Å²) in [6.07, 6.45) is 0.808. The summed E-state index contributed by atoms with van der Waals surface area (Å²) >= 11 is 0. The molecular weight excluding hydrogens is 394 g/mol. The van der Waals surface area contributed by atoms with Gasteiger partial charge in [0.1, 0.15) is 5.75 Å². The van der Waals surface area contributed by atoms with Crippen LogP contribution in [0.15, 0.2) is 65.9 Å². The van der Waals surface area contributed by atoms with Gasteiger partial charge in [-0.3, -0.25) is 0 Å². The summed E-state index contributed by atoms with van der Waals surface area (Å²) in [5, 5.41) is 8.93. The number of benzene rings is 2. The van der Waals surface area contributed by atoms with Crippen molar-refractivity contribution in [2.24, 2.45) is 0 Å². The fraction of sp³-hybridized carbons (Fsp3) is 0.333. The van der Waals surface area contributed by atoms with Crippen LogP contribution >= 0.6 is 0 Å². The highest BCUT2D eigenvalue weighted by Gasteiger charge is 2.33. The summed E-state index contributed by atoms with van der Waals surface area (Å²) in [5.74, 6) is 0.417. The first-order valence-corrected chi connectivity index (χ1v) is 10.6. The molecule has 1 aliphatic rings. The number of hydrogen-bond acceptors (Lipinski definition) is 5. The molecule has 1 aliphatic heterocycles. The van der Waals surface area contributed by atoms with Crippen LogP contribution in [0.2, 0.25) is 0 Å². The maximum absolute atomic E-state index is 12.7. The van der Waals surface area contributed by atoms with Gasteiger partial charge in [-0.1, -0.05) is 42.5 Å². The van der Waals surface area contributed by atoms with Gasteiger partial charge < -0.3 is 25.4 Å². The third-order valence-electron chi connectivity index (χ3n) is 4.91. The molecule has 0 bridgehead atoms. The molecule has 3 rings (SSSR count). The Morgan fingerprint density at radius 1 is 1.03 bits per heavy atom. The summed E-state index contributed by atoms with van der Waals surface area (Å²) in [6, 6.07) is 16.5. The van der Waals surface area contributed by atoms with Crippen molar-refractivity contribution >= 4 is 12.0 Å². The number of hydrogen-bond donors (Lipinski definition) is 3. The minimum Gasteiger partial charge on any atom is -0.494 e. The molecule has 2 aromatic rings. The Kier molecular flexibility index (Phi) is 8.06. The normalized spacial score (nSPS) is 15.8. The zero-order valence-corrected chi connectivity index (χ0v) is 17.9. The molecule has 3 N–H and O–H groups in total. The van der Waals surface area contributed by atoms with Gasteiger partial charge in [0.05, 0.1) is 24.8 Å². The van der Waals surface area contributed by atoms with E-state index < -0.39 is 12.0 Å². The van der Waals surface area contributed by atoms with E-state index in [1.54, 1.807) is 6.92 Å². The maximum atomic E-state index is 12.7. The number of ether oxygens (including phenoxy) is 2. The molecular formula is C24H29N3O4. The number of carbonyl (C=O) groups excluding carboxylic acids is 2. The Hall–Kier alpha value is -3.32. The zero-order chi connectivity index (χ0) is 22.1. The van der Waals surface area contributed by atoms with Crippen molar-refractivity contribution < 1.29 is 19.1 Å². The van der Waals surface area contributed by atoms with Gasteiger partial charge in [-0.05, 0) is 50.1 Å². The Labute approximate surface area is 182 Å². The highest BCUT2D eigenvalue weighted by Crippen LogP contribution is 2.27. The number of amides is 2. The van der Waals surface area contributed by atoms with Crippen molar-refractivity contribution in [2.45, 2.75) is 26.3 Å². The fourth-order valence-electron chi connectivity index (χ4n) is 3.47. The molecule has 31 heavy (non-hydrogen) atoms. The van der Waals surface area contributed by atoms with E-state index in [0.717, 1.165) is 17.7 Å². The predicted molar refractivity (Wildman–Crippen MR) is 119 cm³/mol. The predicted octanol–water partition coefficient (Wildman–Crippen LogP) is 3.09. The second-order valence-electron chi connectivity index (χ2n) is 7.06. The lowest BCUT2D eigenvalue weighted by molar-refractivity contribution is -0.139. The van der Waals surface area contributed by atoms with Crippen LogP contribution in [-0.4, -0.2) is 38.3 Å². The number of rotatable bonds is 10. The van der Waals surface area contributed by atoms with E-state index in [4.69, 9.17) is 9.47 Å². The molecule has 0 spiro atoms.